The highest BCUT2D eigenvalue weighted by Crippen LogP contribution is 1.89. The van der Waals surface area contributed by atoms with Gasteiger partial charge in [0, 0.05) is 32.8 Å². The lowest BCUT2D eigenvalue weighted by Crippen LogP contribution is -2.33. The van der Waals surface area contributed by atoms with Gasteiger partial charge in [-0.2, -0.15) is 0 Å². The van der Waals surface area contributed by atoms with Gasteiger partial charge < -0.3 is 15.4 Å². The lowest BCUT2D eigenvalue weighted by Gasteiger charge is -2.18. The van der Waals surface area contributed by atoms with Crippen LogP contribution in [0.15, 0.2) is 0 Å². The lowest BCUT2D eigenvalue weighted by atomic mass is 10.3. The van der Waals surface area contributed by atoms with Crippen molar-refractivity contribution in [2.45, 2.75) is 19.4 Å². The first kappa shape index (κ1) is 10.9. The topological polar surface area (TPSA) is 38.5 Å². The molecule has 0 aromatic rings. The van der Waals surface area contributed by atoms with Gasteiger partial charge in [-0.25, -0.2) is 0 Å². The Morgan fingerprint density at radius 2 is 2.18 bits per heavy atom. The minimum absolute atomic E-state index is 0.266. The molecule has 3 nitrogen and oxygen atoms in total. The summed E-state index contributed by atoms with van der Waals surface area (Å²) >= 11 is 0. The minimum Gasteiger partial charge on any atom is -0.385 e. The zero-order chi connectivity index (χ0) is 8.69. The van der Waals surface area contributed by atoms with Gasteiger partial charge in [-0.15, -0.1) is 0 Å². The summed E-state index contributed by atoms with van der Waals surface area (Å²) < 4.78 is 4.94. The van der Waals surface area contributed by atoms with Crippen molar-refractivity contribution in [1.82, 2.24) is 4.90 Å². The molecule has 0 aromatic carbocycles. The summed E-state index contributed by atoms with van der Waals surface area (Å²) in [6.07, 6.45) is 1.08. The van der Waals surface area contributed by atoms with Crippen LogP contribution in [-0.2, 0) is 4.74 Å². The van der Waals surface area contributed by atoms with Crippen molar-refractivity contribution in [3.05, 3.63) is 0 Å². The first-order valence-corrected chi connectivity index (χ1v) is 4.10. The number of nitrogens with two attached hydrogens (primary N) is 1. The number of methoxy groups -OCH3 is 1. The van der Waals surface area contributed by atoms with Crippen LogP contribution in [0.2, 0.25) is 0 Å². The van der Waals surface area contributed by atoms with Gasteiger partial charge in [0.2, 0.25) is 0 Å². The van der Waals surface area contributed by atoms with Crippen LogP contribution in [0.3, 0.4) is 0 Å². The molecule has 0 saturated carbocycles. The van der Waals surface area contributed by atoms with E-state index in [4.69, 9.17) is 10.5 Å². The summed E-state index contributed by atoms with van der Waals surface area (Å²) in [4.78, 5) is 2.23. The molecule has 3 heteroatoms. The molecule has 0 heterocycles. The molecule has 68 valence electrons. The van der Waals surface area contributed by atoms with Crippen LogP contribution in [0.25, 0.3) is 0 Å². The Kier molecular flexibility index (Phi) is 6.51. The van der Waals surface area contributed by atoms with Gasteiger partial charge in [0.05, 0.1) is 0 Å². The van der Waals surface area contributed by atoms with Crippen LogP contribution >= 0.6 is 0 Å². The Bertz CT molecular complexity index is 86.2. The van der Waals surface area contributed by atoms with Crippen LogP contribution in [0.4, 0.5) is 0 Å². The summed E-state index contributed by atoms with van der Waals surface area (Å²) in [5.41, 5.74) is 5.62. The highest BCUT2D eigenvalue weighted by atomic mass is 16.5. The van der Waals surface area contributed by atoms with E-state index in [2.05, 4.69) is 11.9 Å². The van der Waals surface area contributed by atoms with E-state index in [1.807, 2.05) is 6.92 Å². The molecule has 0 rings (SSSR count). The van der Waals surface area contributed by atoms with Gasteiger partial charge in [-0.1, -0.05) is 0 Å². The van der Waals surface area contributed by atoms with Crippen LogP contribution in [-0.4, -0.2) is 44.8 Å². The predicted molar refractivity (Wildman–Crippen MR) is 47.6 cm³/mol. The molecule has 11 heavy (non-hydrogen) atoms. The van der Waals surface area contributed by atoms with Crippen molar-refractivity contribution >= 4 is 0 Å². The number of hydrogen-bond donors (Lipinski definition) is 1. The number of likely N-dealkylation sites (N-methyl/N-ethyl adjacent to an activating group) is 1. The highest BCUT2D eigenvalue weighted by Gasteiger charge is 2.00. The third-order valence-electron chi connectivity index (χ3n) is 1.49. The van der Waals surface area contributed by atoms with Gasteiger partial charge in [-0.05, 0) is 20.4 Å². The standard InChI is InChI=1S/C8H20N2O/c1-8(9)7-10(2)5-4-6-11-3/h8H,4-7,9H2,1-3H3/t8-/m0/s1. The average molecular weight is 160 g/mol. The molecule has 0 bridgehead atoms. The fraction of sp³-hybridized carbons (Fsp3) is 1.00. The molecule has 0 saturated heterocycles. The number of nitrogens with zero attached hydrogens (tertiary/aromatic N) is 1. The second kappa shape index (κ2) is 6.58. The molecule has 0 aliphatic carbocycles. The van der Waals surface area contributed by atoms with Gasteiger partial charge in [0.25, 0.3) is 0 Å². The minimum atomic E-state index is 0.266. The maximum absolute atomic E-state index is 5.62. The van der Waals surface area contributed by atoms with E-state index in [9.17, 15) is 0 Å². The molecule has 0 aliphatic rings. The van der Waals surface area contributed by atoms with Crippen LogP contribution in [0.1, 0.15) is 13.3 Å². The van der Waals surface area contributed by atoms with Crippen molar-refractivity contribution in [3.8, 4) is 0 Å². The maximum atomic E-state index is 5.62. The second-order valence-corrected chi connectivity index (χ2v) is 3.09. The first-order chi connectivity index (χ1) is 5.16. The molecule has 0 aliphatic heterocycles. The van der Waals surface area contributed by atoms with E-state index in [0.29, 0.717) is 0 Å². The Balaban J connectivity index is 3.15. The van der Waals surface area contributed by atoms with Crippen molar-refractivity contribution in [2.75, 3.05) is 33.9 Å². The largest absolute Gasteiger partial charge is 0.385 e. The highest BCUT2D eigenvalue weighted by molar-refractivity contribution is 4.59. The van der Waals surface area contributed by atoms with Crippen LogP contribution in [0.5, 0.6) is 0 Å². The zero-order valence-corrected chi connectivity index (χ0v) is 7.84. The second-order valence-electron chi connectivity index (χ2n) is 3.09. The molecule has 0 unspecified atom stereocenters. The molecular formula is C8H20N2O. The van der Waals surface area contributed by atoms with Gasteiger partial charge >= 0.3 is 0 Å². The summed E-state index contributed by atoms with van der Waals surface area (Å²) in [6.45, 7) is 4.88. The normalized spacial score (nSPS) is 13.9. The zero-order valence-electron chi connectivity index (χ0n) is 7.84. The smallest absolute Gasteiger partial charge is 0.0474 e. The predicted octanol–water partition coefficient (Wildman–Crippen LogP) is 0.302. The maximum Gasteiger partial charge on any atom is 0.0474 e. The Hall–Kier alpha value is -0.120. The third kappa shape index (κ3) is 7.78. The van der Waals surface area contributed by atoms with Gasteiger partial charge in [0.15, 0.2) is 0 Å². The third-order valence-corrected chi connectivity index (χ3v) is 1.49. The van der Waals surface area contributed by atoms with Crippen LogP contribution in [0, 0.1) is 0 Å². The number of ether oxygens (including phenoxy) is 1. The van der Waals surface area contributed by atoms with E-state index in [1.54, 1.807) is 7.11 Å². The Morgan fingerprint density at radius 1 is 1.55 bits per heavy atom. The fourth-order valence-corrected chi connectivity index (χ4v) is 1.06. The summed E-state index contributed by atoms with van der Waals surface area (Å²) in [6, 6.07) is 0.266. The van der Waals surface area contributed by atoms with Crippen molar-refractivity contribution in [3.63, 3.8) is 0 Å². The van der Waals surface area contributed by atoms with E-state index < -0.39 is 0 Å². The van der Waals surface area contributed by atoms with Crippen LogP contribution < -0.4 is 5.73 Å². The molecule has 2 N–H and O–H groups in total. The monoisotopic (exact) mass is 160 g/mol. The van der Waals surface area contributed by atoms with E-state index in [1.165, 1.54) is 0 Å². The van der Waals surface area contributed by atoms with Crippen molar-refractivity contribution < 1.29 is 4.74 Å². The molecule has 0 aromatic heterocycles. The molecule has 0 amide bonds. The van der Waals surface area contributed by atoms with Gasteiger partial charge in [0.1, 0.15) is 0 Å². The van der Waals surface area contributed by atoms with Crippen molar-refractivity contribution in [2.24, 2.45) is 5.73 Å². The number of rotatable bonds is 6. The Labute approximate surface area is 69.5 Å². The lowest BCUT2D eigenvalue weighted by molar-refractivity contribution is 0.178. The average Bonchev–Trinajstić information content (AvgIpc) is 1.86. The van der Waals surface area contributed by atoms with Gasteiger partial charge in [-0.3, -0.25) is 0 Å². The fourth-order valence-electron chi connectivity index (χ4n) is 1.06. The molecular weight excluding hydrogens is 140 g/mol. The molecule has 0 spiro atoms. The molecule has 0 radical (unpaired) electrons. The van der Waals surface area contributed by atoms with Crippen molar-refractivity contribution in [1.29, 1.82) is 0 Å². The molecule has 0 fully saturated rings. The van der Waals surface area contributed by atoms with E-state index in [0.717, 1.165) is 26.1 Å². The Morgan fingerprint density at radius 3 is 2.64 bits per heavy atom. The summed E-state index contributed by atoms with van der Waals surface area (Å²) in [5.74, 6) is 0. The number of hydrogen-bond acceptors (Lipinski definition) is 3. The quantitative estimate of drug-likeness (QED) is 0.568. The van der Waals surface area contributed by atoms with E-state index >= 15 is 0 Å². The molecule has 1 atom stereocenters. The summed E-state index contributed by atoms with van der Waals surface area (Å²) in [7, 11) is 3.81. The summed E-state index contributed by atoms with van der Waals surface area (Å²) in [5, 5.41) is 0. The first-order valence-electron chi connectivity index (χ1n) is 4.10. The SMILES string of the molecule is COCCCN(C)C[C@H](C)N. The van der Waals surface area contributed by atoms with E-state index in [-0.39, 0.29) is 6.04 Å².